The third-order valence-electron chi connectivity index (χ3n) is 8.27. The molecule has 2 saturated heterocycles. The van der Waals surface area contributed by atoms with E-state index in [2.05, 4.69) is 0 Å². The highest BCUT2D eigenvalue weighted by molar-refractivity contribution is 6.02. The van der Waals surface area contributed by atoms with E-state index in [1.807, 2.05) is 4.90 Å². The fourth-order valence-electron chi connectivity index (χ4n) is 6.00. The van der Waals surface area contributed by atoms with Gasteiger partial charge in [0, 0.05) is 38.5 Å². The van der Waals surface area contributed by atoms with Gasteiger partial charge in [0.25, 0.3) is 5.91 Å². The maximum Gasteiger partial charge on any atom is 0.417 e. The van der Waals surface area contributed by atoms with Crippen molar-refractivity contribution in [1.29, 1.82) is 0 Å². The van der Waals surface area contributed by atoms with Crippen LogP contribution < -0.4 is 0 Å². The molecule has 254 valence electrons. The first-order valence-electron chi connectivity index (χ1n) is 14.3. The minimum atomic E-state index is -5.02. The van der Waals surface area contributed by atoms with Crippen LogP contribution in [-0.2, 0) is 33.2 Å². The topological polar surface area (TPSA) is 70.2 Å². The van der Waals surface area contributed by atoms with Crippen LogP contribution in [0.2, 0.25) is 0 Å². The van der Waals surface area contributed by atoms with Gasteiger partial charge in [0.05, 0.1) is 11.1 Å². The molecule has 2 aromatic rings. The first-order chi connectivity index (χ1) is 20.8. The number of carbonyl (C=O) groups excluding carboxylic acids is 3. The molecule has 0 aliphatic carbocycles. The lowest BCUT2D eigenvalue weighted by molar-refractivity contribution is -0.143. The molecule has 2 aliphatic rings. The first kappa shape index (κ1) is 37.1. The fourth-order valence-corrected chi connectivity index (χ4v) is 6.00. The van der Waals surface area contributed by atoms with Crippen molar-refractivity contribution in [3.8, 4) is 0 Å². The highest BCUT2D eigenvalue weighted by Gasteiger charge is 2.47. The summed E-state index contributed by atoms with van der Waals surface area (Å²) in [4.78, 5) is 42.5. The number of carbonyl (C=O) groups is 3. The number of cyclic esters (lactones) is 1. The van der Waals surface area contributed by atoms with Gasteiger partial charge in [0.1, 0.15) is 5.82 Å². The zero-order valence-corrected chi connectivity index (χ0v) is 26.4. The average Bonchev–Trinajstić information content (AvgIpc) is 3.12. The molecule has 0 saturated carbocycles. The second-order valence-electron chi connectivity index (χ2n) is 12.1. The minimum Gasteiger partial charge on any atom is -0.433 e. The third kappa shape index (κ3) is 8.30. The maximum absolute atomic E-state index is 14.0. The van der Waals surface area contributed by atoms with Crippen LogP contribution in [0.1, 0.15) is 60.4 Å². The summed E-state index contributed by atoms with van der Waals surface area (Å²) >= 11 is 0. The molecule has 15 heteroatoms. The molecule has 3 amide bonds. The monoisotopic (exact) mass is 681 g/mol. The Morgan fingerprint density at radius 1 is 1.00 bits per heavy atom. The van der Waals surface area contributed by atoms with Crippen LogP contribution in [0.15, 0.2) is 36.4 Å². The molecule has 0 radical (unpaired) electrons. The van der Waals surface area contributed by atoms with Crippen LogP contribution in [0, 0.1) is 18.7 Å². The highest BCUT2D eigenvalue weighted by Crippen LogP contribution is 2.38. The molecule has 0 bridgehead atoms. The van der Waals surface area contributed by atoms with Gasteiger partial charge in [-0.25, -0.2) is 14.1 Å². The Kier molecular flexibility index (Phi) is 11.1. The molecule has 0 aromatic heterocycles. The predicted octanol–water partition coefficient (Wildman–Crippen LogP) is 6.81. The van der Waals surface area contributed by atoms with E-state index in [9.17, 15) is 45.1 Å². The Hall–Kier alpha value is -3.39. The van der Waals surface area contributed by atoms with Crippen LogP contribution in [-0.4, -0.2) is 71.4 Å². The molecule has 4 rings (SSSR count). The van der Waals surface area contributed by atoms with Gasteiger partial charge in [-0.1, -0.05) is 6.07 Å². The fraction of sp³-hybridized carbons (Fsp3) is 0.516. The molecular formula is C31H35ClF7N3O4. The minimum absolute atomic E-state index is 0. The van der Waals surface area contributed by atoms with E-state index in [1.54, 1.807) is 13.0 Å². The zero-order valence-electron chi connectivity index (χ0n) is 25.6. The molecule has 2 aromatic carbocycles. The van der Waals surface area contributed by atoms with Crippen LogP contribution in [0.5, 0.6) is 0 Å². The molecular weight excluding hydrogens is 647 g/mol. The van der Waals surface area contributed by atoms with Crippen molar-refractivity contribution in [1.82, 2.24) is 14.7 Å². The Morgan fingerprint density at radius 2 is 1.61 bits per heavy atom. The smallest absolute Gasteiger partial charge is 0.417 e. The molecule has 2 aliphatic heterocycles. The zero-order chi connectivity index (χ0) is 33.5. The first-order valence-corrected chi connectivity index (χ1v) is 14.3. The summed E-state index contributed by atoms with van der Waals surface area (Å²) < 4.78 is 99.4. The number of piperidine rings is 1. The number of halogens is 8. The number of likely N-dealkylation sites (tertiary alicyclic amines) is 1. The van der Waals surface area contributed by atoms with Crippen LogP contribution in [0.3, 0.4) is 0 Å². The molecule has 7 nitrogen and oxygen atoms in total. The molecule has 2 fully saturated rings. The van der Waals surface area contributed by atoms with E-state index in [0.29, 0.717) is 55.7 Å². The summed E-state index contributed by atoms with van der Waals surface area (Å²) in [7, 11) is 1.32. The number of amides is 3. The number of hydrogen-bond donors (Lipinski definition) is 0. The number of hydrogen-bond acceptors (Lipinski definition) is 5. The molecule has 2 unspecified atom stereocenters. The van der Waals surface area contributed by atoms with Crippen molar-refractivity contribution in [2.75, 3.05) is 33.2 Å². The summed E-state index contributed by atoms with van der Waals surface area (Å²) in [6.07, 6.45) is -10.0. The predicted molar refractivity (Wildman–Crippen MR) is 155 cm³/mol. The normalized spacial score (nSPS) is 20.4. The van der Waals surface area contributed by atoms with Crippen molar-refractivity contribution in [2.24, 2.45) is 5.92 Å². The van der Waals surface area contributed by atoms with E-state index in [0.717, 1.165) is 9.80 Å². The second-order valence-corrected chi connectivity index (χ2v) is 12.1. The van der Waals surface area contributed by atoms with Gasteiger partial charge in [-0.3, -0.25) is 9.59 Å². The van der Waals surface area contributed by atoms with Crippen molar-refractivity contribution in [3.05, 3.63) is 70.0 Å². The summed E-state index contributed by atoms with van der Waals surface area (Å²) in [5, 5.41) is 0. The lowest BCUT2D eigenvalue weighted by atomic mass is 9.78. The highest BCUT2D eigenvalue weighted by atomic mass is 35.5. The lowest BCUT2D eigenvalue weighted by Gasteiger charge is -2.40. The van der Waals surface area contributed by atoms with Gasteiger partial charge in [-0.15, -0.1) is 12.4 Å². The Bertz CT molecular complexity index is 1430. The summed E-state index contributed by atoms with van der Waals surface area (Å²) in [5.41, 5.74) is -3.22. The van der Waals surface area contributed by atoms with Crippen LogP contribution in [0.25, 0.3) is 0 Å². The number of rotatable bonds is 8. The van der Waals surface area contributed by atoms with Gasteiger partial charge in [-0.05, 0) is 93.7 Å². The van der Waals surface area contributed by atoms with E-state index >= 15 is 0 Å². The van der Waals surface area contributed by atoms with Crippen LogP contribution >= 0.6 is 12.4 Å². The Morgan fingerprint density at radius 3 is 2.13 bits per heavy atom. The SMILES string of the molecule is Cc1cc(F)ccc1C1CN(CCCN2C(=O)OC(C)(C)C2=O)CCC1C(=O)N(C)Cc1cc(C(F)(F)F)cc(C(F)(F)F)c1.Cl. The Balaban J connectivity index is 0.00000576. The number of nitrogens with zero attached hydrogens (tertiary/aromatic N) is 3. The van der Waals surface area contributed by atoms with Crippen molar-refractivity contribution in [2.45, 2.75) is 64.0 Å². The van der Waals surface area contributed by atoms with Gasteiger partial charge in [0.2, 0.25) is 5.91 Å². The quantitative estimate of drug-likeness (QED) is 0.287. The summed E-state index contributed by atoms with van der Waals surface area (Å²) in [5.74, 6) is -2.55. The maximum atomic E-state index is 14.0. The third-order valence-corrected chi connectivity index (χ3v) is 8.27. The molecule has 0 N–H and O–H groups in total. The molecule has 46 heavy (non-hydrogen) atoms. The van der Waals surface area contributed by atoms with E-state index in [-0.39, 0.29) is 30.6 Å². The average molecular weight is 682 g/mol. The van der Waals surface area contributed by atoms with E-state index < -0.39 is 71.2 Å². The molecule has 0 spiro atoms. The van der Waals surface area contributed by atoms with Gasteiger partial charge in [0.15, 0.2) is 5.60 Å². The summed E-state index contributed by atoms with van der Waals surface area (Å²) in [6.45, 7) is 5.55. The number of aryl methyl sites for hydroxylation is 1. The van der Waals surface area contributed by atoms with Crippen LogP contribution in [0.4, 0.5) is 35.5 Å². The molecule has 2 atom stereocenters. The van der Waals surface area contributed by atoms with E-state index in [4.69, 9.17) is 4.74 Å². The summed E-state index contributed by atoms with van der Waals surface area (Å²) in [6, 6.07) is 5.41. The van der Waals surface area contributed by atoms with Gasteiger partial charge in [-0.2, -0.15) is 26.3 Å². The molecule has 2 heterocycles. The lowest BCUT2D eigenvalue weighted by Crippen LogP contribution is -2.46. The van der Waals surface area contributed by atoms with E-state index in [1.165, 1.54) is 33.0 Å². The Labute approximate surface area is 268 Å². The standard InChI is InChI=1S/C31H34F7N3O4.ClH/c1-18-12-22(32)6-7-23(18)25-17-40(9-5-10-41-27(43)29(2,3)45-28(41)44)11-8-24(25)26(42)39(4)16-19-13-20(30(33,34)35)15-21(14-19)31(36,37)38;/h6-7,12-15,24-25H,5,8-11,16-17H2,1-4H3;1H. The van der Waals surface area contributed by atoms with Gasteiger partial charge < -0.3 is 14.5 Å². The van der Waals surface area contributed by atoms with Crippen molar-refractivity contribution < 1.29 is 49.9 Å². The van der Waals surface area contributed by atoms with Crippen molar-refractivity contribution in [3.63, 3.8) is 0 Å². The van der Waals surface area contributed by atoms with Gasteiger partial charge >= 0.3 is 18.4 Å². The number of ether oxygens (including phenoxy) is 1. The number of imide groups is 1. The largest absolute Gasteiger partial charge is 0.433 e. The second kappa shape index (κ2) is 13.8. The van der Waals surface area contributed by atoms with Crippen molar-refractivity contribution >= 4 is 30.3 Å². The number of benzene rings is 2. The number of alkyl halides is 6.